The third-order valence-electron chi connectivity index (χ3n) is 1.76. The average Bonchev–Trinajstić information content (AvgIpc) is 2.61. The van der Waals surface area contributed by atoms with E-state index in [4.69, 9.17) is 10.5 Å². The van der Waals surface area contributed by atoms with E-state index in [-0.39, 0.29) is 6.61 Å². The molecule has 0 radical (unpaired) electrons. The van der Waals surface area contributed by atoms with Crippen molar-refractivity contribution in [3.05, 3.63) is 11.1 Å². The fourth-order valence-corrected chi connectivity index (χ4v) is 1.86. The van der Waals surface area contributed by atoms with Crippen LogP contribution in [0.4, 0.5) is 14.7 Å². The van der Waals surface area contributed by atoms with E-state index in [1.54, 1.807) is 26.2 Å². The van der Waals surface area contributed by atoms with Gasteiger partial charge in [-0.3, -0.25) is 5.32 Å². The second-order valence-electron chi connectivity index (χ2n) is 4.69. The first-order valence-electron chi connectivity index (χ1n) is 5.63. The van der Waals surface area contributed by atoms with Crippen molar-refractivity contribution >= 4 is 28.7 Å². The number of thiazole rings is 1. The van der Waals surface area contributed by atoms with Crippen molar-refractivity contribution in [2.45, 2.75) is 32.8 Å². The fourth-order valence-electron chi connectivity index (χ4n) is 1.13. The van der Waals surface area contributed by atoms with E-state index in [0.717, 1.165) is 0 Å². The number of nitrogens with zero attached hydrogens (tertiary/aromatic N) is 1. The van der Waals surface area contributed by atoms with Gasteiger partial charge in [0.05, 0.1) is 12.3 Å². The molecule has 0 saturated carbocycles. The molecule has 19 heavy (non-hydrogen) atoms. The van der Waals surface area contributed by atoms with Gasteiger partial charge in [0.15, 0.2) is 5.13 Å². The van der Waals surface area contributed by atoms with E-state index in [9.17, 15) is 9.59 Å². The zero-order chi connectivity index (χ0) is 14.5. The highest BCUT2D eigenvalue weighted by molar-refractivity contribution is 7.13. The number of ether oxygens (including phenoxy) is 2. The van der Waals surface area contributed by atoms with Gasteiger partial charge < -0.3 is 15.2 Å². The molecule has 8 heteroatoms. The van der Waals surface area contributed by atoms with Gasteiger partial charge >= 0.3 is 12.2 Å². The lowest BCUT2D eigenvalue weighted by molar-refractivity contribution is 0.0636. The minimum atomic E-state index is -0.817. The Hall–Kier alpha value is -1.83. The molecule has 7 nitrogen and oxygen atoms in total. The van der Waals surface area contributed by atoms with E-state index < -0.39 is 17.8 Å². The third kappa shape index (κ3) is 6.61. The number of hydrogen-bond acceptors (Lipinski definition) is 6. The Morgan fingerprint density at radius 2 is 2.16 bits per heavy atom. The average molecular weight is 287 g/mol. The number of anilines is 1. The van der Waals surface area contributed by atoms with Crippen LogP contribution >= 0.6 is 11.3 Å². The Kier molecular flexibility index (Phi) is 5.11. The van der Waals surface area contributed by atoms with Gasteiger partial charge in [-0.1, -0.05) is 0 Å². The van der Waals surface area contributed by atoms with Crippen LogP contribution in [0.2, 0.25) is 0 Å². The molecular formula is C11H17N3O4S. The Bertz CT molecular complexity index is 453. The maximum Gasteiger partial charge on any atom is 0.413 e. The molecule has 0 aliphatic rings. The van der Waals surface area contributed by atoms with Crippen molar-refractivity contribution in [2.24, 2.45) is 5.73 Å². The molecule has 0 atom stereocenters. The molecular weight excluding hydrogens is 270 g/mol. The zero-order valence-corrected chi connectivity index (χ0v) is 11.9. The summed E-state index contributed by atoms with van der Waals surface area (Å²) in [6.07, 6.45) is -0.931. The van der Waals surface area contributed by atoms with Crippen molar-refractivity contribution in [1.82, 2.24) is 4.98 Å². The normalized spacial score (nSPS) is 10.9. The van der Waals surface area contributed by atoms with Crippen molar-refractivity contribution < 1.29 is 19.1 Å². The first-order valence-corrected chi connectivity index (χ1v) is 6.51. The molecule has 1 aromatic heterocycles. The molecule has 1 rings (SSSR count). The third-order valence-corrected chi connectivity index (χ3v) is 2.57. The molecule has 0 aromatic carbocycles. The number of nitrogens with two attached hydrogens (primary N) is 1. The lowest BCUT2D eigenvalue weighted by Gasteiger charge is -2.18. The number of rotatable bonds is 4. The molecule has 106 valence electrons. The van der Waals surface area contributed by atoms with Crippen LogP contribution < -0.4 is 11.1 Å². The van der Waals surface area contributed by atoms with Crippen molar-refractivity contribution in [3.8, 4) is 0 Å². The van der Waals surface area contributed by atoms with Gasteiger partial charge in [-0.05, 0) is 20.8 Å². The number of carbonyl (C=O) groups is 2. The van der Waals surface area contributed by atoms with Gasteiger partial charge in [0, 0.05) is 11.8 Å². The minimum Gasteiger partial charge on any atom is -0.449 e. The maximum absolute atomic E-state index is 11.5. The van der Waals surface area contributed by atoms with Gasteiger partial charge in [0.2, 0.25) is 0 Å². The van der Waals surface area contributed by atoms with E-state index in [1.807, 2.05) is 0 Å². The Labute approximate surface area is 115 Å². The second-order valence-corrected chi connectivity index (χ2v) is 5.55. The highest BCUT2D eigenvalue weighted by atomic mass is 32.1. The number of nitrogens with one attached hydrogen (secondary N) is 1. The predicted molar refractivity (Wildman–Crippen MR) is 71.2 cm³/mol. The molecule has 3 N–H and O–H groups in total. The molecule has 1 aromatic rings. The quantitative estimate of drug-likeness (QED) is 0.882. The summed E-state index contributed by atoms with van der Waals surface area (Å²) in [6, 6.07) is 0. The minimum absolute atomic E-state index is 0.158. The van der Waals surface area contributed by atoms with E-state index in [1.165, 1.54) is 11.3 Å². The number of hydrogen-bond donors (Lipinski definition) is 2. The van der Waals surface area contributed by atoms with Crippen LogP contribution in [0.3, 0.4) is 0 Å². The van der Waals surface area contributed by atoms with Gasteiger partial charge in [0.1, 0.15) is 5.60 Å². The largest absolute Gasteiger partial charge is 0.449 e. The predicted octanol–water partition coefficient (Wildman–Crippen LogP) is 2.13. The molecule has 0 unspecified atom stereocenters. The van der Waals surface area contributed by atoms with Crippen LogP contribution in [-0.4, -0.2) is 29.4 Å². The van der Waals surface area contributed by atoms with Crippen LogP contribution in [0.25, 0.3) is 0 Å². The Morgan fingerprint density at radius 1 is 1.47 bits per heavy atom. The number of aromatic nitrogens is 1. The molecule has 0 aliphatic carbocycles. The summed E-state index contributed by atoms with van der Waals surface area (Å²) in [5, 5.41) is 4.73. The second kappa shape index (κ2) is 6.37. The van der Waals surface area contributed by atoms with Crippen LogP contribution in [0.15, 0.2) is 5.38 Å². The number of carbonyl (C=O) groups excluding carboxylic acids is 2. The van der Waals surface area contributed by atoms with Crippen molar-refractivity contribution in [1.29, 1.82) is 0 Å². The monoisotopic (exact) mass is 287 g/mol. The van der Waals surface area contributed by atoms with Gasteiger partial charge in [-0.2, -0.15) is 0 Å². The highest BCUT2D eigenvalue weighted by Gasteiger charge is 2.17. The molecule has 1 heterocycles. The van der Waals surface area contributed by atoms with E-state index >= 15 is 0 Å². The summed E-state index contributed by atoms with van der Waals surface area (Å²) in [7, 11) is 0. The first-order chi connectivity index (χ1) is 8.76. The Balaban J connectivity index is 2.42. The highest BCUT2D eigenvalue weighted by Crippen LogP contribution is 2.17. The fraction of sp³-hybridized carbons (Fsp3) is 0.545. The van der Waals surface area contributed by atoms with Gasteiger partial charge in [-0.25, -0.2) is 14.6 Å². The molecule has 0 spiro atoms. The SMILES string of the molecule is CC(C)(C)OC(=O)Nc1nc(CCOC(N)=O)cs1. The molecule has 0 aliphatic heterocycles. The smallest absolute Gasteiger partial charge is 0.413 e. The lowest BCUT2D eigenvalue weighted by Crippen LogP contribution is -2.27. The van der Waals surface area contributed by atoms with Crippen molar-refractivity contribution in [2.75, 3.05) is 11.9 Å². The van der Waals surface area contributed by atoms with Crippen LogP contribution in [0.5, 0.6) is 0 Å². The molecule has 2 amide bonds. The van der Waals surface area contributed by atoms with Gasteiger partial charge in [0.25, 0.3) is 0 Å². The van der Waals surface area contributed by atoms with Crippen LogP contribution in [0.1, 0.15) is 26.5 Å². The van der Waals surface area contributed by atoms with Crippen LogP contribution in [-0.2, 0) is 15.9 Å². The summed E-state index contributed by atoms with van der Waals surface area (Å²) in [5.74, 6) is 0. The maximum atomic E-state index is 11.5. The molecule has 0 saturated heterocycles. The number of amides is 2. The number of primary amides is 1. The zero-order valence-electron chi connectivity index (χ0n) is 11.1. The van der Waals surface area contributed by atoms with Gasteiger partial charge in [-0.15, -0.1) is 11.3 Å². The van der Waals surface area contributed by atoms with E-state index in [2.05, 4.69) is 15.0 Å². The summed E-state index contributed by atoms with van der Waals surface area (Å²) in [4.78, 5) is 26.0. The topological polar surface area (TPSA) is 104 Å². The molecule has 0 bridgehead atoms. The lowest BCUT2D eigenvalue weighted by atomic mass is 10.2. The molecule has 0 fully saturated rings. The first kappa shape index (κ1) is 15.2. The summed E-state index contributed by atoms with van der Waals surface area (Å²) < 4.78 is 9.69. The van der Waals surface area contributed by atoms with Crippen molar-refractivity contribution in [3.63, 3.8) is 0 Å². The summed E-state index contributed by atoms with van der Waals surface area (Å²) in [6.45, 7) is 5.49. The Morgan fingerprint density at radius 3 is 2.74 bits per heavy atom. The summed E-state index contributed by atoms with van der Waals surface area (Å²) >= 11 is 1.27. The standard InChI is InChI=1S/C11H17N3O4S/c1-11(2,3)18-10(16)14-9-13-7(6-19-9)4-5-17-8(12)15/h6H,4-5H2,1-3H3,(H2,12,15)(H,13,14,16). The van der Waals surface area contributed by atoms with E-state index in [0.29, 0.717) is 17.2 Å². The summed E-state index contributed by atoms with van der Waals surface area (Å²) in [5.41, 5.74) is 4.98. The van der Waals surface area contributed by atoms with Crippen LogP contribution in [0, 0.1) is 0 Å².